The molecule has 3 N–H and O–H groups in total. The summed E-state index contributed by atoms with van der Waals surface area (Å²) >= 11 is 10.9. The molecule has 2 aromatic rings. The average Bonchev–Trinajstić information content (AvgIpc) is 2.77. The fourth-order valence-corrected chi connectivity index (χ4v) is 4.86. The molecule has 1 aliphatic heterocycles. The van der Waals surface area contributed by atoms with Crippen LogP contribution in [0.3, 0.4) is 0 Å². The smallest absolute Gasteiger partial charge is 0.267 e. The highest BCUT2D eigenvalue weighted by Gasteiger charge is 2.28. The van der Waals surface area contributed by atoms with Gasteiger partial charge in [0.25, 0.3) is 15.9 Å². The minimum absolute atomic E-state index is 0.0540. The molecule has 172 valence electrons. The summed E-state index contributed by atoms with van der Waals surface area (Å²) < 4.78 is 44.0. The Morgan fingerprint density at radius 1 is 1.19 bits per heavy atom. The Morgan fingerprint density at radius 2 is 1.91 bits per heavy atom. The number of fused-ring (bicyclic) bond motifs is 1. The van der Waals surface area contributed by atoms with E-state index in [9.17, 15) is 13.2 Å². The summed E-state index contributed by atoms with van der Waals surface area (Å²) in [5, 5.41) is 5.78. The van der Waals surface area contributed by atoms with Gasteiger partial charge < -0.3 is 24.8 Å². The minimum Gasteiger partial charge on any atom is -0.496 e. The van der Waals surface area contributed by atoms with Gasteiger partial charge in [-0.25, -0.2) is 8.42 Å². The van der Waals surface area contributed by atoms with E-state index in [1.165, 1.54) is 39.5 Å². The molecule has 9 nitrogen and oxygen atoms in total. The molecular formula is C20H22ClN3O6S2. The third kappa shape index (κ3) is 5.17. The second kappa shape index (κ2) is 9.80. The van der Waals surface area contributed by atoms with Crippen molar-refractivity contribution >= 4 is 44.9 Å². The molecule has 1 aliphatic rings. The summed E-state index contributed by atoms with van der Waals surface area (Å²) in [6.45, 7) is 0.193. The van der Waals surface area contributed by atoms with Gasteiger partial charge in [-0.1, -0.05) is 11.6 Å². The van der Waals surface area contributed by atoms with E-state index < -0.39 is 16.1 Å². The number of amides is 1. The molecular weight excluding hydrogens is 478 g/mol. The first-order valence-corrected chi connectivity index (χ1v) is 11.7. The van der Waals surface area contributed by atoms with Crippen LogP contribution in [0, 0.1) is 0 Å². The fourth-order valence-electron chi connectivity index (χ4n) is 3.20. The zero-order valence-electron chi connectivity index (χ0n) is 17.5. The molecule has 0 spiro atoms. The lowest BCUT2D eigenvalue weighted by atomic mass is 10.0. The van der Waals surface area contributed by atoms with Gasteiger partial charge in [0.05, 0.1) is 25.8 Å². The molecule has 0 fully saturated rings. The quantitative estimate of drug-likeness (QED) is 0.516. The maximum atomic E-state index is 12.8. The number of nitrogens with one attached hydrogen (secondary N) is 3. The van der Waals surface area contributed by atoms with Crippen molar-refractivity contribution in [1.82, 2.24) is 15.4 Å². The monoisotopic (exact) mass is 499 g/mol. The van der Waals surface area contributed by atoms with Gasteiger partial charge >= 0.3 is 0 Å². The first-order valence-electron chi connectivity index (χ1n) is 9.41. The SMILES string of the molecule is CNC(=S)NS(=O)(=O)c1cc2c(cc1OC)OCC(NC(=O)c1cc(Cl)ccc1OC)C2. The van der Waals surface area contributed by atoms with E-state index in [2.05, 4.69) is 15.4 Å². The van der Waals surface area contributed by atoms with Crippen LogP contribution in [0.2, 0.25) is 5.02 Å². The third-order valence-corrected chi connectivity index (χ3v) is 6.78. The van der Waals surface area contributed by atoms with E-state index in [-0.39, 0.29) is 33.8 Å². The molecule has 0 bridgehead atoms. The molecule has 32 heavy (non-hydrogen) atoms. The summed E-state index contributed by atoms with van der Waals surface area (Å²) in [7, 11) is 0.331. The van der Waals surface area contributed by atoms with Crippen LogP contribution in [0.5, 0.6) is 17.2 Å². The number of rotatable bonds is 6. The van der Waals surface area contributed by atoms with Gasteiger partial charge in [0.1, 0.15) is 28.8 Å². The highest BCUT2D eigenvalue weighted by Crippen LogP contribution is 2.35. The number of hydrogen-bond acceptors (Lipinski definition) is 7. The molecule has 2 aromatic carbocycles. The maximum Gasteiger partial charge on any atom is 0.267 e. The van der Waals surface area contributed by atoms with Crippen LogP contribution in [0.1, 0.15) is 15.9 Å². The molecule has 0 aromatic heterocycles. The van der Waals surface area contributed by atoms with Crippen LogP contribution >= 0.6 is 23.8 Å². The lowest BCUT2D eigenvalue weighted by molar-refractivity contribution is 0.0912. The van der Waals surface area contributed by atoms with E-state index in [1.807, 2.05) is 0 Å². The number of carbonyl (C=O) groups is 1. The van der Waals surface area contributed by atoms with Gasteiger partial charge in [0, 0.05) is 18.1 Å². The number of benzene rings is 2. The lowest BCUT2D eigenvalue weighted by Gasteiger charge is -2.27. The van der Waals surface area contributed by atoms with Crippen molar-refractivity contribution in [3.05, 3.63) is 46.5 Å². The van der Waals surface area contributed by atoms with E-state index >= 15 is 0 Å². The molecule has 0 saturated heterocycles. The number of ether oxygens (including phenoxy) is 3. The van der Waals surface area contributed by atoms with E-state index in [0.29, 0.717) is 28.5 Å². The number of thiocarbonyl (C=S) groups is 1. The summed E-state index contributed by atoms with van der Waals surface area (Å²) in [4.78, 5) is 12.7. The van der Waals surface area contributed by atoms with Crippen LogP contribution in [0.15, 0.2) is 35.2 Å². The summed E-state index contributed by atoms with van der Waals surface area (Å²) in [5.41, 5.74) is 0.879. The maximum absolute atomic E-state index is 12.8. The molecule has 1 amide bonds. The van der Waals surface area contributed by atoms with Gasteiger partial charge in [-0.2, -0.15) is 0 Å². The minimum atomic E-state index is -4.00. The predicted molar refractivity (Wildman–Crippen MR) is 123 cm³/mol. The number of hydrogen-bond donors (Lipinski definition) is 3. The van der Waals surface area contributed by atoms with Crippen molar-refractivity contribution in [3.8, 4) is 17.2 Å². The van der Waals surface area contributed by atoms with Gasteiger partial charge in [-0.05, 0) is 48.5 Å². The van der Waals surface area contributed by atoms with Crippen LogP contribution in [0.4, 0.5) is 0 Å². The topological polar surface area (TPSA) is 115 Å². The van der Waals surface area contributed by atoms with Crippen molar-refractivity contribution in [2.24, 2.45) is 0 Å². The highest BCUT2D eigenvalue weighted by atomic mass is 35.5. The van der Waals surface area contributed by atoms with Crippen LogP contribution in [-0.4, -0.2) is 53.4 Å². The average molecular weight is 500 g/mol. The van der Waals surface area contributed by atoms with Crippen LogP contribution in [0.25, 0.3) is 0 Å². The Bertz CT molecular complexity index is 1160. The van der Waals surface area contributed by atoms with Crippen molar-refractivity contribution in [1.29, 1.82) is 0 Å². The second-order valence-corrected chi connectivity index (χ2v) is 9.32. The number of carbonyl (C=O) groups excluding carboxylic acids is 1. The Morgan fingerprint density at radius 3 is 2.56 bits per heavy atom. The fraction of sp³-hybridized carbons (Fsp3) is 0.300. The Kier molecular flexibility index (Phi) is 7.32. The molecule has 3 rings (SSSR count). The normalized spacial score (nSPS) is 15.1. The lowest BCUT2D eigenvalue weighted by Crippen LogP contribution is -2.43. The third-order valence-electron chi connectivity index (χ3n) is 4.74. The first-order chi connectivity index (χ1) is 15.2. The van der Waals surface area contributed by atoms with Gasteiger partial charge in [-0.15, -0.1) is 0 Å². The van der Waals surface area contributed by atoms with E-state index in [4.69, 9.17) is 38.0 Å². The Hall–Kier alpha value is -2.76. The van der Waals surface area contributed by atoms with Gasteiger partial charge in [0.15, 0.2) is 5.11 Å². The summed E-state index contributed by atoms with van der Waals surface area (Å²) in [5.74, 6) is 0.585. The van der Waals surface area contributed by atoms with Crippen LogP contribution < -0.4 is 29.6 Å². The number of halogens is 1. The molecule has 0 radical (unpaired) electrons. The first kappa shape index (κ1) is 23.9. The van der Waals surface area contributed by atoms with Crippen LogP contribution in [-0.2, 0) is 16.4 Å². The van der Waals surface area contributed by atoms with E-state index in [0.717, 1.165) is 0 Å². The standard InChI is InChI=1S/C20H22ClN3O6S2/c1-22-20(31)24-32(26,27)18-7-11-6-13(10-30-16(11)9-17(18)29-3)23-19(25)14-8-12(21)4-5-15(14)28-2/h4-5,7-9,13H,6,10H2,1-3H3,(H,23,25)(H2,22,24,31). The number of methoxy groups -OCH3 is 2. The van der Waals surface area contributed by atoms with E-state index in [1.54, 1.807) is 12.1 Å². The van der Waals surface area contributed by atoms with Crippen molar-refractivity contribution in [2.45, 2.75) is 17.4 Å². The molecule has 1 atom stereocenters. The zero-order valence-corrected chi connectivity index (χ0v) is 19.9. The zero-order chi connectivity index (χ0) is 23.5. The van der Waals surface area contributed by atoms with Gasteiger partial charge in [-0.3, -0.25) is 9.52 Å². The molecule has 1 unspecified atom stereocenters. The van der Waals surface area contributed by atoms with Crippen molar-refractivity contribution in [3.63, 3.8) is 0 Å². The van der Waals surface area contributed by atoms with Crippen molar-refractivity contribution < 1.29 is 27.4 Å². The van der Waals surface area contributed by atoms with Crippen molar-refractivity contribution in [2.75, 3.05) is 27.9 Å². The summed E-state index contributed by atoms with van der Waals surface area (Å²) in [6.07, 6.45) is 0.340. The molecule has 1 heterocycles. The molecule has 12 heteroatoms. The predicted octanol–water partition coefficient (Wildman–Crippen LogP) is 1.87. The molecule has 0 saturated carbocycles. The Balaban J connectivity index is 1.85. The van der Waals surface area contributed by atoms with Gasteiger partial charge in [0.2, 0.25) is 0 Å². The highest BCUT2D eigenvalue weighted by molar-refractivity contribution is 7.92. The second-order valence-electron chi connectivity index (χ2n) is 6.83. The number of sulfonamides is 1. The molecule has 0 aliphatic carbocycles. The largest absolute Gasteiger partial charge is 0.496 e. The Labute approximate surface area is 196 Å². The summed E-state index contributed by atoms with van der Waals surface area (Å²) in [6, 6.07) is 7.29.